The van der Waals surface area contributed by atoms with Gasteiger partial charge in [0.15, 0.2) is 11.5 Å². The van der Waals surface area contributed by atoms with Gasteiger partial charge in [-0.3, -0.25) is 4.79 Å². The van der Waals surface area contributed by atoms with E-state index in [2.05, 4.69) is 16.5 Å². The van der Waals surface area contributed by atoms with E-state index in [4.69, 9.17) is 4.52 Å². The zero-order valence-corrected chi connectivity index (χ0v) is 13.9. The smallest absolute Gasteiger partial charge is 0.278 e. The van der Waals surface area contributed by atoms with Crippen LogP contribution in [0.15, 0.2) is 34.9 Å². The number of carbonyl (C=O) groups excluding carboxylic acids is 1. The largest absolute Gasteiger partial charge is 0.507 e. The monoisotopic (exact) mass is 351 g/mol. The van der Waals surface area contributed by atoms with Crippen LogP contribution in [0.2, 0.25) is 0 Å². The van der Waals surface area contributed by atoms with E-state index < -0.39 is 5.91 Å². The number of aromatic nitrogens is 1. The van der Waals surface area contributed by atoms with Crippen LogP contribution in [0.4, 0.5) is 5.00 Å². The van der Waals surface area contributed by atoms with Crippen molar-refractivity contribution < 1.29 is 14.4 Å². The molecule has 0 aliphatic heterocycles. The predicted octanol–water partition coefficient (Wildman–Crippen LogP) is 3.72. The van der Waals surface area contributed by atoms with Crippen LogP contribution < -0.4 is 5.32 Å². The summed E-state index contributed by atoms with van der Waals surface area (Å²) in [6.45, 7) is 0. The Morgan fingerprint density at radius 1 is 1.36 bits per heavy atom. The van der Waals surface area contributed by atoms with E-state index in [1.165, 1.54) is 28.3 Å². The lowest BCUT2D eigenvalue weighted by atomic mass is 10.1. The van der Waals surface area contributed by atoms with Crippen LogP contribution in [0.1, 0.15) is 32.9 Å². The van der Waals surface area contributed by atoms with Crippen molar-refractivity contribution in [2.75, 3.05) is 5.32 Å². The molecule has 6 nitrogen and oxygen atoms in total. The van der Waals surface area contributed by atoms with Gasteiger partial charge < -0.3 is 14.9 Å². The maximum Gasteiger partial charge on any atom is 0.278 e. The maximum absolute atomic E-state index is 12.4. The van der Waals surface area contributed by atoms with E-state index in [0.717, 1.165) is 24.8 Å². The zero-order valence-electron chi connectivity index (χ0n) is 13.1. The number of aryl methyl sites for hydroxylation is 1. The predicted molar refractivity (Wildman–Crippen MR) is 92.6 cm³/mol. The van der Waals surface area contributed by atoms with Gasteiger partial charge in [-0.1, -0.05) is 17.3 Å². The lowest BCUT2D eigenvalue weighted by molar-refractivity contribution is 0.101. The summed E-state index contributed by atoms with van der Waals surface area (Å²) in [6.07, 6.45) is 2.88. The van der Waals surface area contributed by atoms with Gasteiger partial charge in [0.25, 0.3) is 5.91 Å². The molecule has 7 heteroatoms. The second-order valence-corrected chi connectivity index (χ2v) is 6.83. The standard InChI is InChI=1S/C18H13N3O3S/c19-9-12-10-5-3-7-16(10)25-18(12)20-17(23)13-8-15(24-21-13)11-4-1-2-6-14(11)22/h1-2,4,6,8,22H,3,5,7H2,(H,20,23). The number of amides is 1. The molecular weight excluding hydrogens is 338 g/mol. The van der Waals surface area contributed by atoms with Gasteiger partial charge in [-0.05, 0) is 37.0 Å². The third-order valence-corrected chi connectivity index (χ3v) is 5.38. The Morgan fingerprint density at radius 2 is 2.20 bits per heavy atom. The molecule has 0 fully saturated rings. The van der Waals surface area contributed by atoms with E-state index >= 15 is 0 Å². The summed E-state index contributed by atoms with van der Waals surface area (Å²) in [4.78, 5) is 13.6. The van der Waals surface area contributed by atoms with Crippen molar-refractivity contribution >= 4 is 22.2 Å². The number of fused-ring (bicyclic) bond motifs is 1. The molecule has 0 saturated heterocycles. The number of para-hydroxylation sites is 1. The number of thiophene rings is 1. The van der Waals surface area contributed by atoms with Crippen LogP contribution in [0.5, 0.6) is 5.75 Å². The Kier molecular flexibility index (Phi) is 3.75. The fourth-order valence-electron chi connectivity index (χ4n) is 2.97. The van der Waals surface area contributed by atoms with Gasteiger partial charge in [0.1, 0.15) is 16.8 Å². The second kappa shape index (κ2) is 6.07. The third-order valence-electron chi connectivity index (χ3n) is 4.17. The van der Waals surface area contributed by atoms with E-state index in [-0.39, 0.29) is 11.4 Å². The molecule has 0 unspecified atom stereocenters. The van der Waals surface area contributed by atoms with Crippen molar-refractivity contribution in [3.05, 3.63) is 52.0 Å². The van der Waals surface area contributed by atoms with Crippen molar-refractivity contribution in [1.29, 1.82) is 5.26 Å². The molecule has 0 bridgehead atoms. The van der Waals surface area contributed by atoms with Gasteiger partial charge in [-0.25, -0.2) is 0 Å². The molecule has 1 aromatic carbocycles. The Labute approximate surface area is 147 Å². The van der Waals surface area contributed by atoms with Crippen molar-refractivity contribution in [3.63, 3.8) is 0 Å². The molecule has 0 spiro atoms. The Balaban J connectivity index is 1.59. The number of nitriles is 1. The normalized spacial score (nSPS) is 12.6. The molecule has 0 atom stereocenters. The minimum absolute atomic E-state index is 0.0482. The molecule has 124 valence electrons. The average molecular weight is 351 g/mol. The zero-order chi connectivity index (χ0) is 17.4. The quantitative estimate of drug-likeness (QED) is 0.749. The molecule has 0 saturated carbocycles. The Hall–Kier alpha value is -3.11. The molecular formula is C18H13N3O3S. The number of aromatic hydroxyl groups is 1. The third kappa shape index (κ3) is 2.66. The summed E-state index contributed by atoms with van der Waals surface area (Å²) in [7, 11) is 0. The minimum Gasteiger partial charge on any atom is -0.507 e. The first-order chi connectivity index (χ1) is 12.2. The number of carbonyl (C=O) groups is 1. The molecule has 2 N–H and O–H groups in total. The lowest BCUT2D eigenvalue weighted by Gasteiger charge is -2.00. The number of hydrogen-bond acceptors (Lipinski definition) is 6. The number of anilines is 1. The fraction of sp³-hybridized carbons (Fsp3) is 0.167. The van der Waals surface area contributed by atoms with E-state index in [1.807, 2.05) is 0 Å². The van der Waals surface area contributed by atoms with Gasteiger partial charge in [0, 0.05) is 10.9 Å². The number of phenolic OH excluding ortho intramolecular Hbond substituents is 1. The molecule has 1 aliphatic carbocycles. The summed E-state index contributed by atoms with van der Waals surface area (Å²) < 4.78 is 5.18. The summed E-state index contributed by atoms with van der Waals surface area (Å²) >= 11 is 1.45. The molecule has 2 aromatic heterocycles. The molecule has 1 amide bonds. The summed E-state index contributed by atoms with van der Waals surface area (Å²) in [5.41, 5.74) is 2.16. The number of rotatable bonds is 3. The van der Waals surface area contributed by atoms with Crippen LogP contribution >= 0.6 is 11.3 Å². The van der Waals surface area contributed by atoms with Gasteiger partial charge >= 0.3 is 0 Å². The van der Waals surface area contributed by atoms with Crippen molar-refractivity contribution in [2.45, 2.75) is 19.3 Å². The summed E-state index contributed by atoms with van der Waals surface area (Å²) in [6, 6.07) is 10.3. The molecule has 4 rings (SSSR count). The van der Waals surface area contributed by atoms with Crippen LogP contribution in [0.3, 0.4) is 0 Å². The van der Waals surface area contributed by atoms with E-state index in [9.17, 15) is 15.2 Å². The number of phenols is 1. The number of nitrogens with one attached hydrogen (secondary N) is 1. The SMILES string of the molecule is N#Cc1c(NC(=O)c2cc(-c3ccccc3O)on2)sc2c1CCC2. The van der Waals surface area contributed by atoms with Gasteiger partial charge in [-0.15, -0.1) is 11.3 Å². The maximum atomic E-state index is 12.4. The van der Waals surface area contributed by atoms with E-state index in [0.29, 0.717) is 21.9 Å². The second-order valence-electron chi connectivity index (χ2n) is 5.72. The minimum atomic E-state index is -0.443. The van der Waals surface area contributed by atoms with Gasteiger partial charge in [-0.2, -0.15) is 5.26 Å². The van der Waals surface area contributed by atoms with Crippen molar-refractivity contribution in [3.8, 4) is 23.1 Å². The van der Waals surface area contributed by atoms with Gasteiger partial charge in [0.05, 0.1) is 11.1 Å². The summed E-state index contributed by atoms with van der Waals surface area (Å²) in [5, 5.41) is 26.3. The number of nitrogens with zero attached hydrogens (tertiary/aromatic N) is 2. The first kappa shape index (κ1) is 15.4. The highest BCUT2D eigenvalue weighted by Gasteiger charge is 2.24. The molecule has 25 heavy (non-hydrogen) atoms. The lowest BCUT2D eigenvalue weighted by Crippen LogP contribution is -2.12. The number of hydrogen-bond donors (Lipinski definition) is 2. The highest BCUT2D eigenvalue weighted by Crippen LogP contribution is 2.38. The Morgan fingerprint density at radius 3 is 3.00 bits per heavy atom. The highest BCUT2D eigenvalue weighted by molar-refractivity contribution is 7.16. The van der Waals surface area contributed by atoms with Crippen LogP contribution in [-0.4, -0.2) is 16.2 Å². The van der Waals surface area contributed by atoms with Crippen molar-refractivity contribution in [2.24, 2.45) is 0 Å². The summed E-state index contributed by atoms with van der Waals surface area (Å²) in [5.74, 6) is -0.0914. The molecule has 0 radical (unpaired) electrons. The fourth-order valence-corrected chi connectivity index (χ4v) is 4.20. The first-order valence-electron chi connectivity index (χ1n) is 7.78. The van der Waals surface area contributed by atoms with Crippen LogP contribution in [0, 0.1) is 11.3 Å². The number of benzene rings is 1. The molecule has 3 aromatic rings. The average Bonchev–Trinajstić information content (AvgIpc) is 3.30. The van der Waals surface area contributed by atoms with Crippen LogP contribution in [0.25, 0.3) is 11.3 Å². The van der Waals surface area contributed by atoms with E-state index in [1.54, 1.807) is 18.2 Å². The first-order valence-corrected chi connectivity index (χ1v) is 8.60. The Bertz CT molecular complexity index is 1010. The topological polar surface area (TPSA) is 99.2 Å². The molecule has 1 aliphatic rings. The van der Waals surface area contributed by atoms with Gasteiger partial charge in [0.2, 0.25) is 0 Å². The highest BCUT2D eigenvalue weighted by atomic mass is 32.1. The van der Waals surface area contributed by atoms with Crippen LogP contribution in [-0.2, 0) is 12.8 Å². The van der Waals surface area contributed by atoms with Crippen molar-refractivity contribution in [1.82, 2.24) is 5.16 Å². The molecule has 2 heterocycles.